The third-order valence-electron chi connectivity index (χ3n) is 3.69. The monoisotopic (exact) mass is 400 g/mol. The summed E-state index contributed by atoms with van der Waals surface area (Å²) in [6.07, 6.45) is 17.6. The van der Waals surface area contributed by atoms with Gasteiger partial charge in [0, 0.05) is 12.3 Å². The SMILES string of the molecule is CCCCCCCCP(=O)(I)CCCCCCCC. The molecule has 0 amide bonds. The van der Waals surface area contributed by atoms with Crippen LogP contribution >= 0.6 is 26.8 Å². The van der Waals surface area contributed by atoms with E-state index in [1.807, 2.05) is 0 Å². The van der Waals surface area contributed by atoms with Gasteiger partial charge in [-0.05, 0) is 34.9 Å². The van der Waals surface area contributed by atoms with E-state index in [9.17, 15) is 4.57 Å². The molecule has 0 aromatic heterocycles. The molecule has 0 unspecified atom stereocenters. The summed E-state index contributed by atoms with van der Waals surface area (Å²) in [5.74, 6) is 0. The highest BCUT2D eigenvalue weighted by atomic mass is 127. The Morgan fingerprint density at radius 1 is 0.632 bits per heavy atom. The smallest absolute Gasteiger partial charge is 0.143 e. The maximum Gasteiger partial charge on any atom is 0.143 e. The molecule has 0 spiro atoms. The van der Waals surface area contributed by atoms with E-state index in [1.54, 1.807) is 0 Å². The van der Waals surface area contributed by atoms with Gasteiger partial charge in [-0.3, -0.25) is 0 Å². The molecule has 1 nitrogen and oxygen atoms in total. The lowest BCUT2D eigenvalue weighted by Crippen LogP contribution is -1.91. The van der Waals surface area contributed by atoms with Gasteiger partial charge in [-0.15, -0.1) is 0 Å². The number of unbranched alkanes of at least 4 members (excludes halogenated alkanes) is 10. The van der Waals surface area contributed by atoms with Gasteiger partial charge in [-0.1, -0.05) is 78.1 Å². The van der Waals surface area contributed by atoms with E-state index in [4.69, 9.17) is 0 Å². The van der Waals surface area contributed by atoms with E-state index >= 15 is 0 Å². The lowest BCUT2D eigenvalue weighted by atomic mass is 10.1. The fourth-order valence-electron chi connectivity index (χ4n) is 2.37. The Hall–Kier alpha value is 0.960. The van der Waals surface area contributed by atoms with E-state index < -0.39 is 4.78 Å². The number of halogens is 1. The summed E-state index contributed by atoms with van der Waals surface area (Å²) in [6.45, 7) is 4.50. The van der Waals surface area contributed by atoms with Gasteiger partial charge in [-0.2, -0.15) is 0 Å². The van der Waals surface area contributed by atoms with E-state index in [0.717, 1.165) is 12.3 Å². The lowest BCUT2D eigenvalue weighted by molar-refractivity contribution is 0.573. The van der Waals surface area contributed by atoms with Gasteiger partial charge < -0.3 is 4.57 Å². The predicted molar refractivity (Wildman–Crippen MR) is 98.1 cm³/mol. The Labute approximate surface area is 134 Å². The maximum absolute atomic E-state index is 12.4. The van der Waals surface area contributed by atoms with Crippen molar-refractivity contribution in [2.24, 2.45) is 0 Å². The quantitative estimate of drug-likeness (QED) is 0.168. The number of hydrogen-bond acceptors (Lipinski definition) is 1. The molecule has 0 aromatic rings. The topological polar surface area (TPSA) is 17.1 Å². The van der Waals surface area contributed by atoms with Crippen LogP contribution in [0.25, 0.3) is 0 Å². The second-order valence-electron chi connectivity index (χ2n) is 5.77. The standard InChI is InChI=1S/C16H34IOP/c1-3-5-7-9-11-13-15-19(17,18)16-14-12-10-8-6-4-2/h3-16H2,1-2H3. The van der Waals surface area contributed by atoms with E-state index in [2.05, 4.69) is 35.9 Å². The van der Waals surface area contributed by atoms with Crippen molar-refractivity contribution in [1.82, 2.24) is 0 Å². The van der Waals surface area contributed by atoms with Crippen molar-refractivity contribution in [2.45, 2.75) is 90.9 Å². The maximum atomic E-state index is 12.4. The van der Waals surface area contributed by atoms with Crippen molar-refractivity contribution in [1.29, 1.82) is 0 Å². The summed E-state index contributed by atoms with van der Waals surface area (Å²) in [4.78, 5) is -1.83. The summed E-state index contributed by atoms with van der Waals surface area (Å²) < 4.78 is 12.4. The molecule has 0 aliphatic rings. The van der Waals surface area contributed by atoms with Crippen LogP contribution < -0.4 is 0 Å². The predicted octanol–water partition coefficient (Wildman–Crippen LogP) is 7.42. The zero-order chi connectivity index (χ0) is 14.4. The number of rotatable bonds is 14. The Morgan fingerprint density at radius 3 is 1.32 bits per heavy atom. The molecule has 0 atom stereocenters. The number of hydrogen-bond donors (Lipinski definition) is 0. The van der Waals surface area contributed by atoms with Crippen molar-refractivity contribution in [3.63, 3.8) is 0 Å². The van der Waals surface area contributed by atoms with E-state index in [-0.39, 0.29) is 0 Å². The first-order valence-electron chi connectivity index (χ1n) is 8.40. The first-order valence-corrected chi connectivity index (χ1v) is 13.3. The summed E-state index contributed by atoms with van der Waals surface area (Å²) in [6, 6.07) is 0. The molecule has 0 radical (unpaired) electrons. The molecule has 0 aromatic carbocycles. The third-order valence-corrected chi connectivity index (χ3v) is 8.55. The van der Waals surface area contributed by atoms with Crippen LogP contribution in [-0.2, 0) is 4.57 Å². The zero-order valence-electron chi connectivity index (χ0n) is 13.1. The van der Waals surface area contributed by atoms with Gasteiger partial charge in [0.1, 0.15) is 4.78 Å². The highest BCUT2D eigenvalue weighted by Crippen LogP contribution is 2.55. The van der Waals surface area contributed by atoms with Crippen LogP contribution in [0.5, 0.6) is 0 Å². The molecule has 0 heterocycles. The average molecular weight is 400 g/mol. The second kappa shape index (κ2) is 13.9. The Balaban J connectivity index is 3.39. The van der Waals surface area contributed by atoms with Gasteiger partial charge in [-0.25, -0.2) is 0 Å². The van der Waals surface area contributed by atoms with Crippen molar-refractivity contribution in [2.75, 3.05) is 12.3 Å². The molecule has 0 aliphatic heterocycles. The van der Waals surface area contributed by atoms with E-state index in [0.29, 0.717) is 0 Å². The van der Waals surface area contributed by atoms with Crippen LogP contribution in [0.2, 0.25) is 0 Å². The Kier molecular flexibility index (Phi) is 14.6. The fourth-order valence-corrected chi connectivity index (χ4v) is 6.03. The Bertz CT molecular complexity index is 211. The molecule has 116 valence electrons. The average Bonchev–Trinajstić information content (AvgIpc) is 2.38. The summed E-state index contributed by atoms with van der Waals surface area (Å²) in [7, 11) is 0. The zero-order valence-corrected chi connectivity index (χ0v) is 16.2. The third kappa shape index (κ3) is 15.2. The van der Waals surface area contributed by atoms with Gasteiger partial charge >= 0.3 is 0 Å². The molecule has 0 bridgehead atoms. The van der Waals surface area contributed by atoms with Gasteiger partial charge in [0.2, 0.25) is 0 Å². The summed E-state index contributed by atoms with van der Waals surface area (Å²) in [5, 5.41) is 0. The second-order valence-corrected chi connectivity index (χ2v) is 13.5. The molecule has 0 saturated heterocycles. The molecule has 3 heteroatoms. The molecule has 0 fully saturated rings. The minimum absolute atomic E-state index is 0.981. The molecule has 0 rings (SSSR count). The van der Waals surface area contributed by atoms with Crippen molar-refractivity contribution < 1.29 is 4.57 Å². The Morgan fingerprint density at radius 2 is 0.947 bits per heavy atom. The van der Waals surface area contributed by atoms with Crippen LogP contribution in [0.4, 0.5) is 0 Å². The van der Waals surface area contributed by atoms with Gasteiger partial charge in [0.05, 0.1) is 0 Å². The fraction of sp³-hybridized carbons (Fsp3) is 1.00. The van der Waals surface area contributed by atoms with Gasteiger partial charge in [0.25, 0.3) is 0 Å². The summed E-state index contributed by atoms with van der Waals surface area (Å²) >= 11 is 2.27. The van der Waals surface area contributed by atoms with Gasteiger partial charge in [0.15, 0.2) is 0 Å². The van der Waals surface area contributed by atoms with Crippen molar-refractivity contribution in [3.8, 4) is 0 Å². The van der Waals surface area contributed by atoms with E-state index in [1.165, 1.54) is 77.0 Å². The minimum Gasteiger partial charge on any atom is -0.313 e. The van der Waals surface area contributed by atoms with Crippen molar-refractivity contribution in [3.05, 3.63) is 0 Å². The van der Waals surface area contributed by atoms with Crippen LogP contribution in [0.15, 0.2) is 0 Å². The highest BCUT2D eigenvalue weighted by molar-refractivity contribution is 14.2. The highest BCUT2D eigenvalue weighted by Gasteiger charge is 2.15. The molecule has 0 aliphatic carbocycles. The summed E-state index contributed by atoms with van der Waals surface area (Å²) in [5.41, 5.74) is 0. The molecule has 0 saturated carbocycles. The molecule has 0 N–H and O–H groups in total. The van der Waals surface area contributed by atoms with Crippen molar-refractivity contribution >= 4 is 26.8 Å². The van der Waals surface area contributed by atoms with Crippen LogP contribution in [0.1, 0.15) is 90.9 Å². The lowest BCUT2D eigenvalue weighted by Gasteiger charge is -2.11. The van der Waals surface area contributed by atoms with Crippen LogP contribution in [-0.4, -0.2) is 12.3 Å². The molecular weight excluding hydrogens is 366 g/mol. The normalized spacial score (nSPS) is 11.9. The van der Waals surface area contributed by atoms with Crippen LogP contribution in [0.3, 0.4) is 0 Å². The first-order chi connectivity index (χ1) is 9.12. The largest absolute Gasteiger partial charge is 0.313 e. The molecular formula is C16H34IOP. The first kappa shape index (κ1) is 20.0. The minimum atomic E-state index is -1.83. The molecule has 19 heavy (non-hydrogen) atoms. The van der Waals surface area contributed by atoms with Crippen LogP contribution in [0, 0.1) is 0 Å².